The van der Waals surface area contributed by atoms with Crippen molar-refractivity contribution < 1.29 is 24.5 Å². The van der Waals surface area contributed by atoms with Crippen molar-refractivity contribution in [3.05, 3.63) is 78.4 Å². The van der Waals surface area contributed by atoms with Gasteiger partial charge in [0.1, 0.15) is 17.2 Å². The third kappa shape index (κ3) is 4.60. The van der Waals surface area contributed by atoms with Crippen molar-refractivity contribution in [3.63, 3.8) is 0 Å². The first-order valence-electron chi connectivity index (χ1n) is 9.79. The predicted molar refractivity (Wildman–Crippen MR) is 124 cm³/mol. The monoisotopic (exact) mass is 448 g/mol. The van der Waals surface area contributed by atoms with E-state index in [0.29, 0.717) is 27.9 Å². The molecule has 3 aromatic carbocycles. The molecule has 4 rings (SSSR count). The highest BCUT2D eigenvalue weighted by Crippen LogP contribution is 2.36. The number of rotatable bonds is 6. The number of hydrogen-bond donors (Lipinski definition) is 2. The van der Waals surface area contributed by atoms with Gasteiger partial charge in [0.15, 0.2) is 11.0 Å². The zero-order valence-corrected chi connectivity index (χ0v) is 18.0. The van der Waals surface area contributed by atoms with E-state index in [9.17, 15) is 19.8 Å². The summed E-state index contributed by atoms with van der Waals surface area (Å²) >= 11 is 1.21. The van der Waals surface area contributed by atoms with Gasteiger partial charge in [-0.3, -0.25) is 14.5 Å². The largest absolute Gasteiger partial charge is 0.508 e. The summed E-state index contributed by atoms with van der Waals surface area (Å²) in [6.45, 7) is 0. The van der Waals surface area contributed by atoms with E-state index >= 15 is 0 Å². The zero-order valence-electron chi connectivity index (χ0n) is 17.1. The minimum Gasteiger partial charge on any atom is -0.508 e. The van der Waals surface area contributed by atoms with Crippen LogP contribution in [0.15, 0.2) is 77.8 Å². The van der Waals surface area contributed by atoms with Crippen molar-refractivity contribution in [2.75, 3.05) is 12.0 Å². The molecular formula is C24H20N2O5S. The number of phenols is 2. The van der Waals surface area contributed by atoms with Crippen LogP contribution < -0.4 is 9.64 Å². The molecule has 0 bridgehead atoms. The summed E-state index contributed by atoms with van der Waals surface area (Å²) in [5.74, 6) is 0.420. The topological polar surface area (TPSA) is 99.4 Å². The lowest BCUT2D eigenvalue weighted by atomic mass is 10.1. The summed E-state index contributed by atoms with van der Waals surface area (Å²) in [6, 6.07) is 19.3. The van der Waals surface area contributed by atoms with Gasteiger partial charge in [0.05, 0.1) is 23.7 Å². The maximum atomic E-state index is 13.3. The van der Waals surface area contributed by atoms with Gasteiger partial charge in [-0.25, -0.2) is 4.99 Å². The molecule has 0 saturated carbocycles. The summed E-state index contributed by atoms with van der Waals surface area (Å²) < 4.78 is 5.12. The molecule has 0 aliphatic carbocycles. The van der Waals surface area contributed by atoms with E-state index in [2.05, 4.69) is 4.99 Å². The number of methoxy groups -OCH3 is 1. The molecule has 0 spiro atoms. The summed E-state index contributed by atoms with van der Waals surface area (Å²) in [7, 11) is 1.55. The Morgan fingerprint density at radius 3 is 2.16 bits per heavy atom. The van der Waals surface area contributed by atoms with Gasteiger partial charge in [-0.1, -0.05) is 11.8 Å². The van der Waals surface area contributed by atoms with Crippen molar-refractivity contribution in [1.29, 1.82) is 0 Å². The predicted octanol–water partition coefficient (Wildman–Crippen LogP) is 4.52. The Bertz CT molecular complexity index is 1160. The first-order chi connectivity index (χ1) is 15.4. The van der Waals surface area contributed by atoms with Gasteiger partial charge in [-0.05, 0) is 72.8 Å². The van der Waals surface area contributed by atoms with Crippen LogP contribution in [-0.4, -0.2) is 39.4 Å². The van der Waals surface area contributed by atoms with Crippen LogP contribution in [0, 0.1) is 0 Å². The second-order valence-electron chi connectivity index (χ2n) is 7.06. The van der Waals surface area contributed by atoms with Crippen LogP contribution in [-0.2, 0) is 4.79 Å². The number of aromatic hydroxyl groups is 2. The Hall–Kier alpha value is -3.78. The number of hydrogen-bond acceptors (Lipinski definition) is 7. The van der Waals surface area contributed by atoms with Crippen molar-refractivity contribution in [2.24, 2.45) is 4.99 Å². The SMILES string of the molecule is COc1ccc(C(=O)CC2SC(=Nc3ccc(O)cc3)N(c3ccc(O)cc3)C2=O)cc1. The number of ether oxygens (including phenoxy) is 1. The maximum absolute atomic E-state index is 13.3. The summed E-state index contributed by atoms with van der Waals surface area (Å²) in [4.78, 5) is 32.1. The number of thioether (sulfide) groups is 1. The molecule has 1 atom stereocenters. The number of nitrogens with zero attached hydrogens (tertiary/aromatic N) is 2. The molecule has 3 aromatic rings. The highest BCUT2D eigenvalue weighted by Gasteiger charge is 2.40. The first kappa shape index (κ1) is 21.5. The number of carbonyl (C=O) groups excluding carboxylic acids is 2. The van der Waals surface area contributed by atoms with E-state index in [4.69, 9.17) is 4.74 Å². The highest BCUT2D eigenvalue weighted by atomic mass is 32.2. The van der Waals surface area contributed by atoms with Crippen LogP contribution >= 0.6 is 11.8 Å². The molecule has 0 aromatic heterocycles. The van der Waals surface area contributed by atoms with Gasteiger partial charge in [-0.2, -0.15) is 0 Å². The Morgan fingerprint density at radius 2 is 1.56 bits per heavy atom. The van der Waals surface area contributed by atoms with Crippen LogP contribution in [0.1, 0.15) is 16.8 Å². The lowest BCUT2D eigenvalue weighted by Gasteiger charge is -2.16. The van der Waals surface area contributed by atoms with Crippen LogP contribution in [0.5, 0.6) is 17.2 Å². The number of amides is 1. The van der Waals surface area contributed by atoms with E-state index in [1.165, 1.54) is 40.9 Å². The number of carbonyl (C=O) groups is 2. The van der Waals surface area contributed by atoms with Crippen LogP contribution in [0.4, 0.5) is 11.4 Å². The van der Waals surface area contributed by atoms with Gasteiger partial charge in [-0.15, -0.1) is 0 Å². The van der Waals surface area contributed by atoms with E-state index < -0.39 is 5.25 Å². The van der Waals surface area contributed by atoms with Crippen molar-refractivity contribution in [3.8, 4) is 17.2 Å². The zero-order chi connectivity index (χ0) is 22.7. The van der Waals surface area contributed by atoms with E-state index in [-0.39, 0.29) is 29.6 Å². The number of aliphatic imine (C=N–C) groups is 1. The van der Waals surface area contributed by atoms with Crippen molar-refractivity contribution in [2.45, 2.75) is 11.7 Å². The molecule has 1 amide bonds. The smallest absolute Gasteiger partial charge is 0.247 e. The molecule has 7 nitrogen and oxygen atoms in total. The minimum absolute atomic E-state index is 0.0129. The number of phenolic OH excluding ortho intramolecular Hbond substituents is 2. The summed E-state index contributed by atoms with van der Waals surface area (Å²) in [5.41, 5.74) is 1.60. The van der Waals surface area contributed by atoms with E-state index in [1.807, 2.05) is 0 Å². The second kappa shape index (κ2) is 9.15. The quantitative estimate of drug-likeness (QED) is 0.538. The Kier molecular flexibility index (Phi) is 6.13. The van der Waals surface area contributed by atoms with Crippen molar-refractivity contribution in [1.82, 2.24) is 0 Å². The summed E-state index contributed by atoms with van der Waals surface area (Å²) in [6.07, 6.45) is 0.0129. The molecule has 1 aliphatic rings. The van der Waals surface area contributed by atoms with E-state index in [0.717, 1.165) is 0 Å². The molecule has 0 radical (unpaired) electrons. The average Bonchev–Trinajstić information content (AvgIpc) is 3.10. The molecule has 1 fully saturated rings. The fourth-order valence-corrected chi connectivity index (χ4v) is 4.37. The molecular weight excluding hydrogens is 428 g/mol. The first-order valence-corrected chi connectivity index (χ1v) is 10.7. The lowest BCUT2D eigenvalue weighted by molar-refractivity contribution is -0.116. The molecule has 1 aliphatic heterocycles. The van der Waals surface area contributed by atoms with Gasteiger partial charge in [0.2, 0.25) is 5.91 Å². The van der Waals surface area contributed by atoms with Crippen LogP contribution in [0.2, 0.25) is 0 Å². The average molecular weight is 449 g/mol. The van der Waals surface area contributed by atoms with Gasteiger partial charge < -0.3 is 14.9 Å². The van der Waals surface area contributed by atoms with Crippen LogP contribution in [0.25, 0.3) is 0 Å². The third-order valence-electron chi connectivity index (χ3n) is 4.90. The molecule has 8 heteroatoms. The Morgan fingerprint density at radius 1 is 0.969 bits per heavy atom. The number of benzene rings is 3. The Labute approximate surface area is 189 Å². The fraction of sp³-hybridized carbons (Fsp3) is 0.125. The molecule has 1 unspecified atom stereocenters. The molecule has 162 valence electrons. The Balaban J connectivity index is 1.62. The highest BCUT2D eigenvalue weighted by molar-refractivity contribution is 8.16. The molecule has 1 saturated heterocycles. The maximum Gasteiger partial charge on any atom is 0.247 e. The number of amidine groups is 1. The second-order valence-corrected chi connectivity index (χ2v) is 8.23. The number of anilines is 1. The number of ketones is 1. The van der Waals surface area contributed by atoms with Gasteiger partial charge in [0, 0.05) is 12.0 Å². The standard InChI is InChI=1S/C24H20N2O5S/c1-31-20-12-2-15(3-13-20)21(29)14-22-23(30)26(17-6-10-19(28)11-7-17)24(32-22)25-16-4-8-18(27)9-5-16/h2-13,22,27-28H,14H2,1H3. The molecule has 2 N–H and O–H groups in total. The molecule has 1 heterocycles. The normalized spacial score (nSPS) is 17.0. The number of Topliss-reactive ketones (excluding diaryl/α,β-unsaturated/α-hetero) is 1. The van der Waals surface area contributed by atoms with Gasteiger partial charge >= 0.3 is 0 Å². The summed E-state index contributed by atoms with van der Waals surface area (Å²) in [5, 5.41) is 18.9. The van der Waals surface area contributed by atoms with E-state index in [1.54, 1.807) is 55.6 Å². The molecule has 32 heavy (non-hydrogen) atoms. The van der Waals surface area contributed by atoms with Crippen LogP contribution in [0.3, 0.4) is 0 Å². The van der Waals surface area contributed by atoms with Gasteiger partial charge in [0.25, 0.3) is 0 Å². The third-order valence-corrected chi connectivity index (χ3v) is 6.04. The van der Waals surface area contributed by atoms with Crippen molar-refractivity contribution >= 4 is 40.0 Å². The fourth-order valence-electron chi connectivity index (χ4n) is 3.21. The minimum atomic E-state index is -0.644. The lowest BCUT2D eigenvalue weighted by Crippen LogP contribution is -2.32.